The molecule has 0 saturated carbocycles. The first kappa shape index (κ1) is 22.5. The van der Waals surface area contributed by atoms with E-state index in [0.29, 0.717) is 38.2 Å². The third-order valence-corrected chi connectivity index (χ3v) is 5.13. The quantitative estimate of drug-likeness (QED) is 0.552. The molecule has 2 aromatic rings. The van der Waals surface area contributed by atoms with Crippen molar-refractivity contribution in [2.75, 3.05) is 31.6 Å². The van der Waals surface area contributed by atoms with Gasteiger partial charge in [-0.15, -0.1) is 0 Å². The number of benzene rings is 2. The van der Waals surface area contributed by atoms with E-state index in [9.17, 15) is 14.4 Å². The zero-order chi connectivity index (χ0) is 22.2. The maximum absolute atomic E-state index is 12.5. The second-order valence-electron chi connectivity index (χ2n) is 7.80. The first-order chi connectivity index (χ1) is 14.9. The van der Waals surface area contributed by atoms with Crippen LogP contribution in [0.2, 0.25) is 0 Å². The van der Waals surface area contributed by atoms with Crippen LogP contribution in [0.5, 0.6) is 0 Å². The number of ether oxygens (including phenoxy) is 1. The van der Waals surface area contributed by atoms with Gasteiger partial charge in [0.1, 0.15) is 6.10 Å². The molecule has 3 amide bonds. The van der Waals surface area contributed by atoms with Crippen LogP contribution in [0.4, 0.5) is 5.69 Å². The SMILES string of the molecule is Cc1cc(C)cc(NC(=O)C(=O)NCCCC(=O)N2CCOC(c3ccccc3)C2)c1. The minimum absolute atomic E-state index is 0.0261. The number of hydrogen-bond acceptors (Lipinski definition) is 4. The molecular formula is C24H29N3O4. The summed E-state index contributed by atoms with van der Waals surface area (Å²) in [6.07, 6.45) is 0.655. The number of carbonyl (C=O) groups is 3. The number of aryl methyl sites for hydroxylation is 2. The van der Waals surface area contributed by atoms with Gasteiger partial charge < -0.3 is 20.3 Å². The molecule has 7 heteroatoms. The number of rotatable bonds is 6. The number of nitrogens with zero attached hydrogens (tertiary/aromatic N) is 1. The van der Waals surface area contributed by atoms with Gasteiger partial charge in [0.15, 0.2) is 0 Å². The lowest BCUT2D eigenvalue weighted by Gasteiger charge is -2.33. The lowest BCUT2D eigenvalue weighted by atomic mass is 10.1. The molecule has 1 unspecified atom stereocenters. The summed E-state index contributed by atoms with van der Waals surface area (Å²) in [6, 6.07) is 15.5. The van der Waals surface area contributed by atoms with Crippen LogP contribution in [0.15, 0.2) is 48.5 Å². The van der Waals surface area contributed by atoms with Crippen molar-refractivity contribution in [2.24, 2.45) is 0 Å². The average Bonchev–Trinajstić information content (AvgIpc) is 2.76. The third-order valence-electron chi connectivity index (χ3n) is 5.13. The Morgan fingerprint density at radius 3 is 2.45 bits per heavy atom. The molecule has 164 valence electrons. The number of morpholine rings is 1. The maximum Gasteiger partial charge on any atom is 0.313 e. The molecule has 2 N–H and O–H groups in total. The van der Waals surface area contributed by atoms with Gasteiger partial charge in [0.25, 0.3) is 0 Å². The van der Waals surface area contributed by atoms with Crippen molar-refractivity contribution in [1.82, 2.24) is 10.2 Å². The number of nitrogens with one attached hydrogen (secondary N) is 2. The summed E-state index contributed by atoms with van der Waals surface area (Å²) in [6.45, 7) is 5.70. The topological polar surface area (TPSA) is 87.7 Å². The highest BCUT2D eigenvalue weighted by Crippen LogP contribution is 2.22. The van der Waals surface area contributed by atoms with Gasteiger partial charge >= 0.3 is 11.8 Å². The second kappa shape index (κ2) is 10.7. The van der Waals surface area contributed by atoms with Crippen molar-refractivity contribution >= 4 is 23.4 Å². The highest BCUT2D eigenvalue weighted by Gasteiger charge is 2.25. The Morgan fingerprint density at radius 2 is 1.74 bits per heavy atom. The Kier molecular flexibility index (Phi) is 7.78. The predicted molar refractivity (Wildman–Crippen MR) is 119 cm³/mol. The van der Waals surface area contributed by atoms with E-state index in [1.54, 1.807) is 4.90 Å². The summed E-state index contributed by atoms with van der Waals surface area (Å²) in [4.78, 5) is 38.4. The summed E-state index contributed by atoms with van der Waals surface area (Å²) in [5.41, 5.74) is 3.66. The summed E-state index contributed by atoms with van der Waals surface area (Å²) < 4.78 is 5.80. The predicted octanol–water partition coefficient (Wildman–Crippen LogP) is 2.74. The minimum atomic E-state index is -0.713. The summed E-state index contributed by atoms with van der Waals surface area (Å²) >= 11 is 0. The van der Waals surface area contributed by atoms with Crippen LogP contribution in [-0.4, -0.2) is 48.9 Å². The van der Waals surface area contributed by atoms with Gasteiger partial charge in [-0.1, -0.05) is 36.4 Å². The molecule has 1 aliphatic heterocycles. The average molecular weight is 424 g/mol. The van der Waals surface area contributed by atoms with Gasteiger partial charge in [-0.05, 0) is 49.1 Å². The van der Waals surface area contributed by atoms with Gasteiger partial charge in [-0.25, -0.2) is 0 Å². The van der Waals surface area contributed by atoms with E-state index < -0.39 is 11.8 Å². The van der Waals surface area contributed by atoms with Crippen molar-refractivity contribution in [2.45, 2.75) is 32.8 Å². The van der Waals surface area contributed by atoms with E-state index in [-0.39, 0.29) is 18.6 Å². The number of carbonyl (C=O) groups excluding carboxylic acids is 3. The Labute approximate surface area is 182 Å². The lowest BCUT2D eigenvalue weighted by molar-refractivity contribution is -0.139. The fourth-order valence-electron chi connectivity index (χ4n) is 3.66. The lowest BCUT2D eigenvalue weighted by Crippen LogP contribution is -2.42. The maximum atomic E-state index is 12.5. The van der Waals surface area contributed by atoms with Crippen molar-refractivity contribution in [3.63, 3.8) is 0 Å². The molecule has 1 fully saturated rings. The van der Waals surface area contributed by atoms with E-state index in [0.717, 1.165) is 16.7 Å². The van der Waals surface area contributed by atoms with E-state index in [1.807, 2.05) is 62.4 Å². The molecule has 3 rings (SSSR count). The molecule has 0 radical (unpaired) electrons. The first-order valence-electron chi connectivity index (χ1n) is 10.5. The van der Waals surface area contributed by atoms with E-state index in [2.05, 4.69) is 10.6 Å². The van der Waals surface area contributed by atoms with Crippen LogP contribution in [0.3, 0.4) is 0 Å². The van der Waals surface area contributed by atoms with Crippen LogP contribution < -0.4 is 10.6 Å². The third kappa shape index (κ3) is 6.65. The van der Waals surface area contributed by atoms with Crippen LogP contribution in [0.25, 0.3) is 0 Å². The van der Waals surface area contributed by atoms with Crippen LogP contribution in [0.1, 0.15) is 35.6 Å². The first-order valence-corrected chi connectivity index (χ1v) is 10.5. The van der Waals surface area contributed by atoms with Gasteiger partial charge in [-0.2, -0.15) is 0 Å². The second-order valence-corrected chi connectivity index (χ2v) is 7.80. The molecule has 0 spiro atoms. The largest absolute Gasteiger partial charge is 0.370 e. The molecule has 0 aliphatic carbocycles. The van der Waals surface area contributed by atoms with Gasteiger partial charge in [0.2, 0.25) is 5.91 Å². The monoisotopic (exact) mass is 423 g/mol. The molecule has 31 heavy (non-hydrogen) atoms. The molecule has 1 atom stereocenters. The van der Waals surface area contributed by atoms with Gasteiger partial charge in [0.05, 0.1) is 13.2 Å². The summed E-state index contributed by atoms with van der Waals surface area (Å²) in [7, 11) is 0. The summed E-state index contributed by atoms with van der Waals surface area (Å²) in [5.74, 6) is -1.39. The minimum Gasteiger partial charge on any atom is -0.370 e. The van der Waals surface area contributed by atoms with Crippen molar-refractivity contribution < 1.29 is 19.1 Å². The number of hydrogen-bond donors (Lipinski definition) is 2. The fourth-order valence-corrected chi connectivity index (χ4v) is 3.66. The Morgan fingerprint density at radius 1 is 1.03 bits per heavy atom. The van der Waals surface area contributed by atoms with Crippen LogP contribution in [-0.2, 0) is 19.1 Å². The molecule has 0 aromatic heterocycles. The highest BCUT2D eigenvalue weighted by atomic mass is 16.5. The Bertz CT molecular complexity index is 909. The smallest absolute Gasteiger partial charge is 0.313 e. The van der Waals surface area contributed by atoms with Gasteiger partial charge in [-0.3, -0.25) is 14.4 Å². The Balaban J connectivity index is 1.39. The van der Waals surface area contributed by atoms with Crippen molar-refractivity contribution in [3.8, 4) is 0 Å². The number of amides is 3. The van der Waals surface area contributed by atoms with E-state index in [1.165, 1.54) is 0 Å². The molecule has 2 aromatic carbocycles. The van der Waals surface area contributed by atoms with Crippen LogP contribution >= 0.6 is 0 Å². The van der Waals surface area contributed by atoms with Crippen molar-refractivity contribution in [1.29, 1.82) is 0 Å². The molecule has 1 aliphatic rings. The standard InChI is InChI=1S/C24H29N3O4/c1-17-13-18(2)15-20(14-17)26-24(30)23(29)25-10-6-9-22(28)27-11-12-31-21(16-27)19-7-4-3-5-8-19/h3-5,7-8,13-15,21H,6,9-12,16H2,1-2H3,(H,25,29)(H,26,30). The van der Waals surface area contributed by atoms with Gasteiger partial charge in [0, 0.05) is 25.2 Å². The van der Waals surface area contributed by atoms with Crippen molar-refractivity contribution in [3.05, 3.63) is 65.2 Å². The normalized spacial score (nSPS) is 15.9. The summed E-state index contributed by atoms with van der Waals surface area (Å²) in [5, 5.41) is 5.18. The molecular weight excluding hydrogens is 394 g/mol. The zero-order valence-corrected chi connectivity index (χ0v) is 18.0. The number of anilines is 1. The molecule has 0 bridgehead atoms. The Hall–Kier alpha value is -3.19. The van der Waals surface area contributed by atoms with E-state index >= 15 is 0 Å². The highest BCUT2D eigenvalue weighted by molar-refractivity contribution is 6.39. The van der Waals surface area contributed by atoms with Crippen LogP contribution in [0, 0.1) is 13.8 Å². The molecule has 1 saturated heterocycles. The fraction of sp³-hybridized carbons (Fsp3) is 0.375. The van der Waals surface area contributed by atoms with E-state index in [4.69, 9.17) is 4.74 Å². The molecule has 1 heterocycles. The molecule has 7 nitrogen and oxygen atoms in total. The zero-order valence-electron chi connectivity index (χ0n) is 18.0.